The van der Waals surface area contributed by atoms with Gasteiger partial charge in [0.15, 0.2) is 0 Å². The van der Waals surface area contributed by atoms with Gasteiger partial charge in [-0.1, -0.05) is 6.07 Å². The number of fused-ring (bicyclic) bond motifs is 1. The number of hydrogen-bond donors (Lipinski definition) is 1. The number of nitrogens with two attached hydrogens (primary N) is 1. The Hall–Kier alpha value is -5.05. The maximum atomic E-state index is 13.9. The largest absolute Gasteiger partial charge is 0.496 e. The Morgan fingerprint density at radius 2 is 1.80 bits per heavy atom. The van der Waals surface area contributed by atoms with Crippen molar-refractivity contribution in [2.75, 3.05) is 12.0 Å². The Morgan fingerprint density at radius 3 is 2.46 bits per heavy atom. The van der Waals surface area contributed by atoms with Crippen LogP contribution in [0.5, 0.6) is 5.75 Å². The summed E-state index contributed by atoms with van der Waals surface area (Å²) in [4.78, 5) is 36.6. The van der Waals surface area contributed by atoms with Crippen molar-refractivity contribution in [2.24, 2.45) is 5.73 Å². The molecular weight excluding hydrogens is 523 g/mol. The van der Waals surface area contributed by atoms with Gasteiger partial charge in [0, 0.05) is 29.4 Å². The van der Waals surface area contributed by atoms with Crippen LogP contribution in [0.15, 0.2) is 77.5 Å². The number of nitrogens with zero attached hydrogens (tertiary/aromatic N) is 3. The zero-order chi connectivity index (χ0) is 28.7. The van der Waals surface area contributed by atoms with Gasteiger partial charge in [0.05, 0.1) is 18.2 Å². The number of benzene rings is 3. The van der Waals surface area contributed by atoms with Crippen LogP contribution in [0.4, 0.5) is 10.3 Å². The number of furan rings is 1. The summed E-state index contributed by atoms with van der Waals surface area (Å²) in [7, 11) is 1.54. The van der Waals surface area contributed by atoms with Crippen LogP contribution in [0.3, 0.4) is 0 Å². The summed E-state index contributed by atoms with van der Waals surface area (Å²) < 4.78 is 25.1. The summed E-state index contributed by atoms with van der Waals surface area (Å²) >= 11 is 0. The first-order valence-electron chi connectivity index (χ1n) is 13.2. The van der Waals surface area contributed by atoms with Gasteiger partial charge in [-0.15, -0.1) is 0 Å². The molecule has 0 radical (unpaired) electrons. The Kier molecular flexibility index (Phi) is 6.70. The van der Waals surface area contributed by atoms with Crippen LogP contribution in [-0.4, -0.2) is 34.9 Å². The van der Waals surface area contributed by atoms with Crippen LogP contribution in [0.1, 0.15) is 50.2 Å². The molecule has 41 heavy (non-hydrogen) atoms. The normalized spacial score (nSPS) is 12.9. The molecule has 1 aliphatic rings. The van der Waals surface area contributed by atoms with Gasteiger partial charge in [0.2, 0.25) is 5.95 Å². The number of methoxy groups -OCH3 is 1. The molecule has 1 aliphatic carbocycles. The number of carbonyl (C=O) groups excluding carboxylic acids is 2. The molecule has 1 fully saturated rings. The van der Waals surface area contributed by atoms with E-state index in [0.29, 0.717) is 46.0 Å². The zero-order valence-corrected chi connectivity index (χ0v) is 22.6. The van der Waals surface area contributed by atoms with Crippen molar-refractivity contribution in [2.45, 2.75) is 32.2 Å². The van der Waals surface area contributed by atoms with Crippen molar-refractivity contribution in [3.63, 3.8) is 0 Å². The average Bonchev–Trinajstić information content (AvgIpc) is 3.73. The van der Waals surface area contributed by atoms with Crippen molar-refractivity contribution in [3.05, 3.63) is 107 Å². The van der Waals surface area contributed by atoms with Gasteiger partial charge in [0.25, 0.3) is 11.8 Å². The molecule has 1 saturated carbocycles. The van der Waals surface area contributed by atoms with Gasteiger partial charge in [-0.25, -0.2) is 14.4 Å². The van der Waals surface area contributed by atoms with E-state index in [1.165, 1.54) is 12.1 Å². The second-order valence-electron chi connectivity index (χ2n) is 10.1. The van der Waals surface area contributed by atoms with E-state index in [9.17, 15) is 14.0 Å². The standard InChI is InChI=1S/C32H27FN4O4/c1-18-14-27(40-2)25(31(39)37(23-9-10-23)32-35-12-3-13-36-32)17-21(18)15-19-4-11-26-24(16-19)28(30(34)38)29(41-26)20-5-7-22(33)8-6-20/h3-8,11-14,16-17,23H,9-10,15H2,1-2H3,(H2,34,38). The summed E-state index contributed by atoms with van der Waals surface area (Å²) in [5.41, 5.74) is 10.2. The summed E-state index contributed by atoms with van der Waals surface area (Å²) in [6, 6.07) is 16.7. The van der Waals surface area contributed by atoms with Gasteiger partial charge in [-0.3, -0.25) is 14.5 Å². The number of aromatic nitrogens is 2. The molecule has 2 heterocycles. The van der Waals surface area contributed by atoms with Crippen molar-refractivity contribution < 1.29 is 23.1 Å². The van der Waals surface area contributed by atoms with Crippen LogP contribution >= 0.6 is 0 Å². The first-order chi connectivity index (χ1) is 19.8. The van der Waals surface area contributed by atoms with E-state index in [1.54, 1.807) is 48.7 Å². The first kappa shape index (κ1) is 26.2. The molecule has 6 rings (SSSR count). The van der Waals surface area contributed by atoms with Crippen molar-refractivity contribution in [3.8, 4) is 17.1 Å². The quantitative estimate of drug-likeness (QED) is 0.260. The molecule has 8 nitrogen and oxygen atoms in total. The lowest BCUT2D eigenvalue weighted by molar-refractivity contribution is 0.0977. The second-order valence-corrected chi connectivity index (χ2v) is 10.1. The van der Waals surface area contributed by atoms with Gasteiger partial charge in [-0.05, 0) is 97.5 Å². The fraction of sp³-hybridized carbons (Fsp3) is 0.188. The van der Waals surface area contributed by atoms with Crippen molar-refractivity contribution >= 4 is 28.7 Å². The Balaban J connectivity index is 1.38. The molecule has 9 heteroatoms. The maximum Gasteiger partial charge on any atom is 0.264 e. The molecule has 3 aromatic carbocycles. The minimum atomic E-state index is -0.642. The highest BCUT2D eigenvalue weighted by Crippen LogP contribution is 2.36. The smallest absolute Gasteiger partial charge is 0.264 e. The highest BCUT2D eigenvalue weighted by molar-refractivity contribution is 6.11. The van der Waals surface area contributed by atoms with Gasteiger partial charge in [-0.2, -0.15) is 0 Å². The number of anilines is 1. The average molecular weight is 551 g/mol. The van der Waals surface area contributed by atoms with E-state index in [2.05, 4.69) is 9.97 Å². The van der Waals surface area contributed by atoms with Gasteiger partial charge in [0.1, 0.15) is 22.9 Å². The van der Waals surface area contributed by atoms with E-state index in [4.69, 9.17) is 14.9 Å². The third-order valence-corrected chi connectivity index (χ3v) is 7.29. The van der Waals surface area contributed by atoms with Crippen molar-refractivity contribution in [1.82, 2.24) is 9.97 Å². The van der Waals surface area contributed by atoms with E-state index < -0.39 is 11.7 Å². The third-order valence-electron chi connectivity index (χ3n) is 7.29. The van der Waals surface area contributed by atoms with Gasteiger partial charge >= 0.3 is 0 Å². The number of hydrogen-bond acceptors (Lipinski definition) is 6. The Bertz CT molecular complexity index is 1780. The molecule has 2 aromatic heterocycles. The SMILES string of the molecule is COc1cc(C)c(Cc2ccc3oc(-c4ccc(F)cc4)c(C(N)=O)c3c2)cc1C(=O)N(c1ncccn1)C1CC1. The summed E-state index contributed by atoms with van der Waals surface area (Å²) in [5.74, 6) is -0.119. The van der Waals surface area contributed by atoms with E-state index in [0.717, 1.165) is 29.5 Å². The van der Waals surface area contributed by atoms with Crippen LogP contribution < -0.4 is 15.4 Å². The number of amides is 2. The van der Waals surface area contributed by atoms with E-state index in [-0.39, 0.29) is 17.5 Å². The van der Waals surface area contributed by atoms with Gasteiger partial charge < -0.3 is 14.9 Å². The van der Waals surface area contributed by atoms with Crippen LogP contribution in [0, 0.1) is 12.7 Å². The zero-order valence-electron chi connectivity index (χ0n) is 22.6. The number of primary amides is 1. The Labute approximate surface area is 235 Å². The molecule has 0 aliphatic heterocycles. The molecule has 0 unspecified atom stereocenters. The highest BCUT2D eigenvalue weighted by Gasteiger charge is 2.37. The van der Waals surface area contributed by atoms with E-state index >= 15 is 0 Å². The lowest BCUT2D eigenvalue weighted by atomic mass is 9.95. The third kappa shape index (κ3) is 5.02. The van der Waals surface area contributed by atoms with Crippen LogP contribution in [0.25, 0.3) is 22.3 Å². The Morgan fingerprint density at radius 1 is 1.07 bits per heavy atom. The predicted molar refractivity (Wildman–Crippen MR) is 153 cm³/mol. The molecule has 2 N–H and O–H groups in total. The van der Waals surface area contributed by atoms with Crippen LogP contribution in [-0.2, 0) is 6.42 Å². The molecule has 206 valence electrons. The number of rotatable bonds is 8. The minimum absolute atomic E-state index is 0.0466. The summed E-state index contributed by atoms with van der Waals surface area (Å²) in [5, 5.41) is 0.568. The molecule has 0 saturated heterocycles. The number of halogens is 1. The maximum absolute atomic E-state index is 13.9. The number of carbonyl (C=O) groups is 2. The van der Waals surface area contributed by atoms with Crippen molar-refractivity contribution in [1.29, 1.82) is 0 Å². The predicted octanol–water partition coefficient (Wildman–Crippen LogP) is 5.84. The second kappa shape index (κ2) is 10.5. The molecular formula is C32H27FN4O4. The summed E-state index contributed by atoms with van der Waals surface area (Å²) in [6.45, 7) is 1.96. The highest BCUT2D eigenvalue weighted by atomic mass is 19.1. The molecule has 2 amide bonds. The minimum Gasteiger partial charge on any atom is -0.496 e. The van der Waals surface area contributed by atoms with E-state index in [1.807, 2.05) is 31.2 Å². The summed E-state index contributed by atoms with van der Waals surface area (Å²) in [6.07, 6.45) is 5.50. The van der Waals surface area contributed by atoms with Crippen LogP contribution in [0.2, 0.25) is 0 Å². The monoisotopic (exact) mass is 550 g/mol. The lowest BCUT2D eigenvalue weighted by Crippen LogP contribution is -2.34. The molecule has 0 atom stereocenters. The molecule has 0 bridgehead atoms. The molecule has 5 aromatic rings. The molecule has 0 spiro atoms. The number of ether oxygens (including phenoxy) is 1. The topological polar surface area (TPSA) is 112 Å². The fourth-order valence-electron chi connectivity index (χ4n) is 5.07. The first-order valence-corrected chi connectivity index (χ1v) is 13.2. The fourth-order valence-corrected chi connectivity index (χ4v) is 5.07. The number of aryl methyl sites for hydroxylation is 1. The lowest BCUT2D eigenvalue weighted by Gasteiger charge is -2.22.